The summed E-state index contributed by atoms with van der Waals surface area (Å²) in [6.07, 6.45) is 2.83. The SMILES string of the molecule is COc1cccc(CNCCCCCO)c1OCc1ccc(F)cc1Cl.Cl. The second kappa shape index (κ2) is 12.8. The first-order chi connectivity index (χ1) is 12.7. The number of methoxy groups -OCH3 is 1. The van der Waals surface area contributed by atoms with Crippen molar-refractivity contribution in [2.24, 2.45) is 0 Å². The van der Waals surface area contributed by atoms with Gasteiger partial charge in [0.25, 0.3) is 0 Å². The summed E-state index contributed by atoms with van der Waals surface area (Å²) in [7, 11) is 1.60. The van der Waals surface area contributed by atoms with Crippen LogP contribution in [0, 0.1) is 5.82 Å². The summed E-state index contributed by atoms with van der Waals surface area (Å²) in [6, 6.07) is 9.99. The number of rotatable bonds is 11. The standard InChI is InChI=1S/C20H25ClFNO3.ClH/c1-25-19-7-5-6-15(13-23-10-3-2-4-11-24)20(19)26-14-16-8-9-17(22)12-18(16)21;/h5-9,12,23-24H,2-4,10-11,13-14H2,1H3;1H. The first-order valence-electron chi connectivity index (χ1n) is 8.70. The fourth-order valence-corrected chi connectivity index (χ4v) is 2.80. The molecule has 0 bridgehead atoms. The highest BCUT2D eigenvalue weighted by Crippen LogP contribution is 2.32. The van der Waals surface area contributed by atoms with Gasteiger partial charge in [-0.15, -0.1) is 12.4 Å². The molecule has 27 heavy (non-hydrogen) atoms. The normalized spacial score (nSPS) is 10.4. The Balaban J connectivity index is 0.00000364. The van der Waals surface area contributed by atoms with Gasteiger partial charge in [-0.25, -0.2) is 4.39 Å². The molecule has 0 aromatic heterocycles. The van der Waals surface area contributed by atoms with Crippen molar-refractivity contribution >= 4 is 24.0 Å². The largest absolute Gasteiger partial charge is 0.493 e. The number of aliphatic hydroxyl groups excluding tert-OH is 1. The van der Waals surface area contributed by atoms with E-state index in [0.717, 1.165) is 31.4 Å². The Morgan fingerprint density at radius 1 is 1.11 bits per heavy atom. The Morgan fingerprint density at radius 2 is 1.93 bits per heavy atom. The van der Waals surface area contributed by atoms with Crippen LogP contribution < -0.4 is 14.8 Å². The van der Waals surface area contributed by atoms with Gasteiger partial charge in [-0.2, -0.15) is 0 Å². The van der Waals surface area contributed by atoms with E-state index in [2.05, 4.69) is 5.32 Å². The molecule has 0 aliphatic carbocycles. The summed E-state index contributed by atoms with van der Waals surface area (Å²) in [5.41, 5.74) is 1.69. The van der Waals surface area contributed by atoms with Crippen molar-refractivity contribution in [2.45, 2.75) is 32.4 Å². The Morgan fingerprint density at radius 3 is 2.63 bits per heavy atom. The van der Waals surface area contributed by atoms with Gasteiger partial charge in [0, 0.05) is 24.3 Å². The van der Waals surface area contributed by atoms with Crippen molar-refractivity contribution in [3.8, 4) is 11.5 Å². The molecule has 0 atom stereocenters. The topological polar surface area (TPSA) is 50.7 Å². The van der Waals surface area contributed by atoms with E-state index in [1.807, 2.05) is 18.2 Å². The molecule has 0 spiro atoms. The van der Waals surface area contributed by atoms with Crippen LogP contribution in [0.25, 0.3) is 0 Å². The Hall–Kier alpha value is -1.53. The Kier molecular flexibility index (Phi) is 11.1. The van der Waals surface area contributed by atoms with Crippen LogP contribution in [0.1, 0.15) is 30.4 Å². The lowest BCUT2D eigenvalue weighted by Crippen LogP contribution is -2.16. The molecule has 2 N–H and O–H groups in total. The van der Waals surface area contributed by atoms with Gasteiger partial charge >= 0.3 is 0 Å². The van der Waals surface area contributed by atoms with Crippen molar-refractivity contribution in [1.29, 1.82) is 0 Å². The second-order valence-electron chi connectivity index (χ2n) is 5.93. The molecule has 4 nitrogen and oxygen atoms in total. The molecule has 2 rings (SSSR count). The van der Waals surface area contributed by atoms with E-state index in [0.29, 0.717) is 28.6 Å². The van der Waals surface area contributed by atoms with Crippen molar-refractivity contribution in [2.75, 3.05) is 20.3 Å². The fourth-order valence-electron chi connectivity index (χ4n) is 2.58. The van der Waals surface area contributed by atoms with Crippen LogP contribution in [0.15, 0.2) is 36.4 Å². The zero-order chi connectivity index (χ0) is 18.8. The monoisotopic (exact) mass is 417 g/mol. The lowest BCUT2D eigenvalue weighted by Gasteiger charge is -2.16. The van der Waals surface area contributed by atoms with E-state index in [1.54, 1.807) is 13.2 Å². The first-order valence-corrected chi connectivity index (χ1v) is 9.07. The quantitative estimate of drug-likeness (QED) is 0.518. The van der Waals surface area contributed by atoms with E-state index in [-0.39, 0.29) is 31.4 Å². The zero-order valence-corrected chi connectivity index (χ0v) is 16.9. The highest BCUT2D eigenvalue weighted by Gasteiger charge is 2.12. The van der Waals surface area contributed by atoms with Crippen LogP contribution in [-0.2, 0) is 13.2 Å². The minimum absolute atomic E-state index is 0. The molecule has 0 heterocycles. The minimum atomic E-state index is -0.373. The van der Waals surface area contributed by atoms with Crippen LogP contribution in [0.2, 0.25) is 5.02 Å². The van der Waals surface area contributed by atoms with Gasteiger partial charge in [0.05, 0.1) is 12.1 Å². The molecule has 7 heteroatoms. The maximum absolute atomic E-state index is 13.2. The lowest BCUT2D eigenvalue weighted by atomic mass is 10.1. The van der Waals surface area contributed by atoms with Gasteiger partial charge in [0.2, 0.25) is 0 Å². The highest BCUT2D eigenvalue weighted by molar-refractivity contribution is 6.31. The summed E-state index contributed by atoms with van der Waals surface area (Å²) in [4.78, 5) is 0. The number of hydrogen-bond donors (Lipinski definition) is 2. The average Bonchev–Trinajstić information content (AvgIpc) is 2.64. The summed E-state index contributed by atoms with van der Waals surface area (Å²) in [5, 5.41) is 12.5. The van der Waals surface area contributed by atoms with Crippen molar-refractivity contribution < 1.29 is 19.0 Å². The zero-order valence-electron chi connectivity index (χ0n) is 15.3. The Labute approximate surface area is 171 Å². The minimum Gasteiger partial charge on any atom is -0.493 e. The third-order valence-corrected chi connectivity index (χ3v) is 4.35. The van der Waals surface area contributed by atoms with Crippen LogP contribution in [-0.4, -0.2) is 25.4 Å². The third-order valence-electron chi connectivity index (χ3n) is 3.99. The molecule has 0 aliphatic rings. The van der Waals surface area contributed by atoms with E-state index < -0.39 is 0 Å². The number of ether oxygens (including phenoxy) is 2. The average molecular weight is 418 g/mol. The molecule has 0 fully saturated rings. The molecule has 150 valence electrons. The molecule has 0 saturated carbocycles. The van der Waals surface area contributed by atoms with Gasteiger partial charge in [-0.1, -0.05) is 29.8 Å². The van der Waals surface area contributed by atoms with Gasteiger partial charge in [0.1, 0.15) is 12.4 Å². The number of benzene rings is 2. The molecule has 0 aliphatic heterocycles. The predicted octanol–water partition coefficient (Wildman–Crippen LogP) is 4.74. The number of unbranched alkanes of at least 4 members (excludes halogenated alkanes) is 2. The summed E-state index contributed by atoms with van der Waals surface area (Å²) in [6.45, 7) is 1.96. The van der Waals surface area contributed by atoms with Gasteiger partial charge in [-0.3, -0.25) is 0 Å². The maximum atomic E-state index is 13.2. The van der Waals surface area contributed by atoms with Crippen molar-refractivity contribution in [1.82, 2.24) is 5.32 Å². The fraction of sp³-hybridized carbons (Fsp3) is 0.400. The molecular formula is C20H26Cl2FNO3. The predicted molar refractivity (Wildman–Crippen MR) is 109 cm³/mol. The van der Waals surface area contributed by atoms with Gasteiger partial charge < -0.3 is 19.9 Å². The van der Waals surface area contributed by atoms with Crippen LogP contribution >= 0.6 is 24.0 Å². The molecular weight excluding hydrogens is 392 g/mol. The van der Waals surface area contributed by atoms with Crippen LogP contribution in [0.3, 0.4) is 0 Å². The smallest absolute Gasteiger partial charge is 0.166 e. The van der Waals surface area contributed by atoms with Crippen molar-refractivity contribution in [3.63, 3.8) is 0 Å². The van der Waals surface area contributed by atoms with Crippen LogP contribution in [0.5, 0.6) is 11.5 Å². The molecule has 2 aromatic rings. The van der Waals surface area contributed by atoms with E-state index in [4.69, 9.17) is 26.2 Å². The second-order valence-corrected chi connectivity index (χ2v) is 6.34. The Bertz CT molecular complexity index is 701. The molecule has 2 aromatic carbocycles. The van der Waals surface area contributed by atoms with E-state index >= 15 is 0 Å². The molecule has 0 saturated heterocycles. The van der Waals surface area contributed by atoms with Gasteiger partial charge in [0.15, 0.2) is 11.5 Å². The molecule has 0 amide bonds. The first kappa shape index (κ1) is 23.5. The highest BCUT2D eigenvalue weighted by atomic mass is 35.5. The van der Waals surface area contributed by atoms with Crippen molar-refractivity contribution in [3.05, 3.63) is 58.4 Å². The van der Waals surface area contributed by atoms with Crippen LogP contribution in [0.4, 0.5) is 4.39 Å². The third kappa shape index (κ3) is 7.54. The lowest BCUT2D eigenvalue weighted by molar-refractivity contribution is 0.279. The van der Waals surface area contributed by atoms with E-state index in [1.165, 1.54) is 12.1 Å². The number of hydrogen-bond acceptors (Lipinski definition) is 4. The number of nitrogens with one attached hydrogen (secondary N) is 1. The van der Waals surface area contributed by atoms with E-state index in [9.17, 15) is 4.39 Å². The maximum Gasteiger partial charge on any atom is 0.166 e. The number of para-hydroxylation sites is 1. The summed E-state index contributed by atoms with van der Waals surface area (Å²) < 4.78 is 24.5. The summed E-state index contributed by atoms with van der Waals surface area (Å²) in [5.74, 6) is 0.920. The number of aliphatic hydroxyl groups is 1. The van der Waals surface area contributed by atoms with Gasteiger partial charge in [-0.05, 0) is 44.0 Å². The molecule has 0 radical (unpaired) electrons. The number of halogens is 3. The summed E-state index contributed by atoms with van der Waals surface area (Å²) >= 11 is 6.07. The molecule has 0 unspecified atom stereocenters.